The summed E-state index contributed by atoms with van der Waals surface area (Å²) < 4.78 is 6.50. The number of nitrogens with one attached hydrogen (secondary N) is 1. The molecule has 23 heavy (non-hydrogen) atoms. The van der Waals surface area contributed by atoms with E-state index < -0.39 is 0 Å². The molecule has 0 saturated heterocycles. The molecule has 2 aromatic rings. The van der Waals surface area contributed by atoms with Crippen LogP contribution in [0.15, 0.2) is 58.1 Å². The number of ether oxygens (including phenoxy) is 1. The number of rotatable bonds is 6. The first-order valence-electron chi connectivity index (χ1n) is 7.40. The molecular formula is C18H19BrN2O2. The highest BCUT2D eigenvalue weighted by atomic mass is 79.9. The summed E-state index contributed by atoms with van der Waals surface area (Å²) in [5, 5.41) is 4.19. The van der Waals surface area contributed by atoms with Gasteiger partial charge in [0.25, 0.3) is 5.91 Å². The van der Waals surface area contributed by atoms with Gasteiger partial charge in [-0.3, -0.25) is 4.79 Å². The standard InChI is InChI=1S/C18H19BrN2O2/c1-3-16(14-7-5-4-6-8-14)20-21-18(22)12-23-17-10-9-15(19)11-13(17)2/h4-11H,3,12H2,1-2H3,(H,21,22)/b20-16-. The minimum Gasteiger partial charge on any atom is -0.483 e. The van der Waals surface area contributed by atoms with Crippen LogP contribution in [0.3, 0.4) is 0 Å². The van der Waals surface area contributed by atoms with Crippen LogP contribution in [0, 0.1) is 6.92 Å². The Morgan fingerprint density at radius 1 is 1.22 bits per heavy atom. The molecule has 5 heteroatoms. The first kappa shape index (κ1) is 17.2. The molecule has 1 amide bonds. The number of amides is 1. The molecule has 0 saturated carbocycles. The molecule has 2 aromatic carbocycles. The lowest BCUT2D eigenvalue weighted by Crippen LogP contribution is -2.26. The van der Waals surface area contributed by atoms with E-state index >= 15 is 0 Å². The second-order valence-corrected chi connectivity index (χ2v) is 5.93. The molecule has 0 spiro atoms. The van der Waals surface area contributed by atoms with Crippen molar-refractivity contribution in [2.24, 2.45) is 5.10 Å². The van der Waals surface area contributed by atoms with Crippen LogP contribution < -0.4 is 10.2 Å². The Kier molecular flexibility index (Phi) is 6.35. The molecule has 0 aliphatic heterocycles. The number of carbonyl (C=O) groups is 1. The maximum atomic E-state index is 11.9. The summed E-state index contributed by atoms with van der Waals surface area (Å²) in [5.41, 5.74) is 5.35. The normalized spacial score (nSPS) is 11.2. The van der Waals surface area contributed by atoms with Crippen LogP contribution in [0.4, 0.5) is 0 Å². The van der Waals surface area contributed by atoms with E-state index in [0.29, 0.717) is 5.75 Å². The van der Waals surface area contributed by atoms with Crippen LogP contribution in [-0.4, -0.2) is 18.2 Å². The highest BCUT2D eigenvalue weighted by molar-refractivity contribution is 9.10. The maximum absolute atomic E-state index is 11.9. The summed E-state index contributed by atoms with van der Waals surface area (Å²) in [7, 11) is 0. The Morgan fingerprint density at radius 2 is 1.96 bits per heavy atom. The molecule has 0 radical (unpaired) electrons. The minimum atomic E-state index is -0.283. The zero-order chi connectivity index (χ0) is 16.7. The highest BCUT2D eigenvalue weighted by Gasteiger charge is 2.06. The van der Waals surface area contributed by atoms with Gasteiger partial charge in [-0.05, 0) is 42.7 Å². The van der Waals surface area contributed by atoms with Crippen LogP contribution in [0.5, 0.6) is 5.75 Å². The zero-order valence-corrected chi connectivity index (χ0v) is 14.8. The van der Waals surface area contributed by atoms with E-state index in [9.17, 15) is 4.79 Å². The van der Waals surface area contributed by atoms with E-state index in [-0.39, 0.29) is 12.5 Å². The molecule has 2 rings (SSSR count). The Labute approximate surface area is 144 Å². The van der Waals surface area contributed by atoms with Gasteiger partial charge in [-0.15, -0.1) is 0 Å². The molecule has 4 nitrogen and oxygen atoms in total. The van der Waals surface area contributed by atoms with Gasteiger partial charge in [-0.2, -0.15) is 5.10 Å². The predicted molar refractivity (Wildman–Crippen MR) is 95.8 cm³/mol. The zero-order valence-electron chi connectivity index (χ0n) is 13.2. The molecule has 120 valence electrons. The van der Waals surface area contributed by atoms with Gasteiger partial charge in [0, 0.05) is 4.47 Å². The van der Waals surface area contributed by atoms with Crippen molar-refractivity contribution in [2.75, 3.05) is 6.61 Å². The number of hydrazone groups is 1. The number of benzene rings is 2. The molecule has 0 unspecified atom stereocenters. The van der Waals surface area contributed by atoms with E-state index in [0.717, 1.165) is 27.7 Å². The summed E-state index contributed by atoms with van der Waals surface area (Å²) in [5.74, 6) is 0.403. The molecular weight excluding hydrogens is 356 g/mol. The molecule has 0 aliphatic rings. The van der Waals surface area contributed by atoms with Crippen molar-refractivity contribution in [1.82, 2.24) is 5.43 Å². The van der Waals surface area contributed by atoms with Crippen molar-refractivity contribution in [1.29, 1.82) is 0 Å². The van der Waals surface area contributed by atoms with Crippen LogP contribution in [0.1, 0.15) is 24.5 Å². The van der Waals surface area contributed by atoms with Gasteiger partial charge in [0.05, 0.1) is 5.71 Å². The van der Waals surface area contributed by atoms with Crippen molar-refractivity contribution >= 4 is 27.5 Å². The number of aryl methyl sites for hydroxylation is 1. The lowest BCUT2D eigenvalue weighted by Gasteiger charge is -2.09. The Bertz CT molecular complexity index is 699. The third-order valence-corrected chi connectivity index (χ3v) is 3.75. The second-order valence-electron chi connectivity index (χ2n) is 5.01. The van der Waals surface area contributed by atoms with Crippen molar-refractivity contribution in [2.45, 2.75) is 20.3 Å². The topological polar surface area (TPSA) is 50.7 Å². The fourth-order valence-electron chi connectivity index (χ4n) is 2.06. The van der Waals surface area contributed by atoms with Gasteiger partial charge >= 0.3 is 0 Å². The van der Waals surface area contributed by atoms with Gasteiger partial charge in [-0.1, -0.05) is 53.2 Å². The number of hydrogen-bond donors (Lipinski definition) is 1. The smallest absolute Gasteiger partial charge is 0.277 e. The predicted octanol–water partition coefficient (Wildman–Crippen LogP) is 4.07. The van der Waals surface area contributed by atoms with Crippen molar-refractivity contribution in [3.8, 4) is 5.75 Å². The van der Waals surface area contributed by atoms with E-state index in [2.05, 4.69) is 26.5 Å². The van der Waals surface area contributed by atoms with Crippen molar-refractivity contribution < 1.29 is 9.53 Å². The van der Waals surface area contributed by atoms with Gasteiger partial charge < -0.3 is 4.74 Å². The Morgan fingerprint density at radius 3 is 2.61 bits per heavy atom. The quantitative estimate of drug-likeness (QED) is 0.611. The average Bonchev–Trinajstić information content (AvgIpc) is 2.55. The Balaban J connectivity index is 1.92. The minimum absolute atomic E-state index is 0.0717. The second kappa shape index (κ2) is 8.48. The number of halogens is 1. The largest absolute Gasteiger partial charge is 0.483 e. The first-order valence-corrected chi connectivity index (χ1v) is 8.19. The summed E-state index contributed by atoms with van der Waals surface area (Å²) in [6.07, 6.45) is 0.733. The van der Waals surface area contributed by atoms with Gasteiger partial charge in [-0.25, -0.2) is 5.43 Å². The first-order chi connectivity index (χ1) is 11.1. The van der Waals surface area contributed by atoms with Gasteiger partial charge in [0.15, 0.2) is 6.61 Å². The summed E-state index contributed by atoms with van der Waals surface area (Å²) in [6, 6.07) is 15.4. The van der Waals surface area contributed by atoms with Gasteiger partial charge in [0.2, 0.25) is 0 Å². The van der Waals surface area contributed by atoms with E-state index in [1.165, 1.54) is 0 Å². The van der Waals surface area contributed by atoms with Crippen LogP contribution in [-0.2, 0) is 4.79 Å². The number of carbonyl (C=O) groups excluding carboxylic acids is 1. The number of nitrogens with zero attached hydrogens (tertiary/aromatic N) is 1. The van der Waals surface area contributed by atoms with E-state index in [1.54, 1.807) is 0 Å². The van der Waals surface area contributed by atoms with Crippen LogP contribution >= 0.6 is 15.9 Å². The SMILES string of the molecule is CC/C(=N/NC(=O)COc1ccc(Br)cc1C)c1ccccc1. The molecule has 0 bridgehead atoms. The third kappa shape index (κ3) is 5.21. The third-order valence-electron chi connectivity index (χ3n) is 3.25. The monoisotopic (exact) mass is 374 g/mol. The highest BCUT2D eigenvalue weighted by Crippen LogP contribution is 2.21. The van der Waals surface area contributed by atoms with Crippen LogP contribution in [0.2, 0.25) is 0 Å². The molecule has 0 aromatic heterocycles. The molecule has 1 N–H and O–H groups in total. The molecule has 0 heterocycles. The Hall–Kier alpha value is -2.14. The fraction of sp³-hybridized carbons (Fsp3) is 0.222. The molecule has 0 aliphatic carbocycles. The lowest BCUT2D eigenvalue weighted by atomic mass is 10.1. The van der Waals surface area contributed by atoms with Gasteiger partial charge in [0.1, 0.15) is 5.75 Å². The summed E-state index contributed by atoms with van der Waals surface area (Å²) in [6.45, 7) is 3.86. The maximum Gasteiger partial charge on any atom is 0.277 e. The van der Waals surface area contributed by atoms with Crippen molar-refractivity contribution in [3.63, 3.8) is 0 Å². The molecule has 0 atom stereocenters. The lowest BCUT2D eigenvalue weighted by molar-refractivity contribution is -0.123. The van der Waals surface area contributed by atoms with E-state index in [4.69, 9.17) is 4.74 Å². The van der Waals surface area contributed by atoms with Crippen LogP contribution in [0.25, 0.3) is 0 Å². The summed E-state index contributed by atoms with van der Waals surface area (Å²) >= 11 is 3.39. The van der Waals surface area contributed by atoms with Crippen molar-refractivity contribution in [3.05, 3.63) is 64.1 Å². The average molecular weight is 375 g/mol. The fourth-order valence-corrected chi connectivity index (χ4v) is 2.53. The molecule has 0 fully saturated rings. The summed E-state index contributed by atoms with van der Waals surface area (Å²) in [4.78, 5) is 11.9. The van der Waals surface area contributed by atoms with E-state index in [1.807, 2.05) is 62.4 Å². The number of hydrogen-bond acceptors (Lipinski definition) is 3.